The molecular weight excluding hydrogens is 595 g/mol. The molecule has 2 aromatic carbocycles. The Morgan fingerprint density at radius 3 is 2.45 bits per heavy atom. The first kappa shape index (κ1) is 31.7. The van der Waals surface area contributed by atoms with E-state index in [0.717, 1.165) is 30.4 Å². The van der Waals surface area contributed by atoms with Crippen molar-refractivity contribution >= 4 is 17.6 Å². The van der Waals surface area contributed by atoms with Gasteiger partial charge in [0.1, 0.15) is 23.5 Å². The Kier molecular flexibility index (Phi) is 9.72. The molecule has 0 unspecified atom stereocenters. The Bertz CT molecular complexity index is 1740. The highest BCUT2D eigenvalue weighted by Crippen LogP contribution is 2.38. The zero-order valence-corrected chi connectivity index (χ0v) is 26.2. The van der Waals surface area contributed by atoms with Gasteiger partial charge < -0.3 is 19.4 Å². The van der Waals surface area contributed by atoms with Gasteiger partial charge in [0.25, 0.3) is 11.8 Å². The molecule has 1 spiro atoms. The molecule has 0 N–H and O–H groups in total. The lowest BCUT2D eigenvalue weighted by Crippen LogP contribution is -2.46. The Labute approximate surface area is 274 Å². The van der Waals surface area contributed by atoms with Crippen molar-refractivity contribution in [3.63, 3.8) is 0 Å². The predicted molar refractivity (Wildman–Crippen MR) is 175 cm³/mol. The largest absolute Gasteiger partial charge is 0.492 e. The van der Waals surface area contributed by atoms with E-state index in [-0.39, 0.29) is 22.8 Å². The first-order chi connectivity index (χ1) is 22.9. The van der Waals surface area contributed by atoms with E-state index in [1.165, 1.54) is 12.3 Å². The number of likely N-dealkylation sites (tertiary alicyclic amines) is 1. The van der Waals surface area contributed by atoms with E-state index in [2.05, 4.69) is 20.9 Å². The monoisotopic (exact) mass is 632 g/mol. The number of para-hydroxylation sites is 1. The van der Waals surface area contributed by atoms with Gasteiger partial charge in [0.2, 0.25) is 0 Å². The van der Waals surface area contributed by atoms with Crippen LogP contribution in [-0.4, -0.2) is 70.9 Å². The van der Waals surface area contributed by atoms with Crippen LogP contribution in [-0.2, 0) is 6.54 Å². The van der Waals surface area contributed by atoms with E-state index in [9.17, 15) is 19.2 Å². The van der Waals surface area contributed by atoms with Gasteiger partial charge in [-0.3, -0.25) is 14.6 Å². The second kappa shape index (κ2) is 14.4. The van der Waals surface area contributed by atoms with Crippen molar-refractivity contribution in [1.82, 2.24) is 19.8 Å². The summed E-state index contributed by atoms with van der Waals surface area (Å²) in [6, 6.07) is 24.3. The molecule has 10 heteroatoms. The smallest absolute Gasteiger partial charge is 0.257 e. The van der Waals surface area contributed by atoms with Crippen LogP contribution in [0.25, 0.3) is 0 Å². The molecule has 0 saturated carbocycles. The maximum absolute atomic E-state index is 14.2. The second-order valence-corrected chi connectivity index (χ2v) is 12.3. The van der Waals surface area contributed by atoms with E-state index in [4.69, 9.17) is 4.74 Å². The molecule has 240 valence electrons. The van der Waals surface area contributed by atoms with Gasteiger partial charge in [0.05, 0.1) is 29.5 Å². The minimum atomic E-state index is -0.537. The van der Waals surface area contributed by atoms with Gasteiger partial charge in [-0.05, 0) is 61.6 Å². The number of ether oxygens (including phenoxy) is 1. The number of hydrogen-bond donors (Lipinski definition) is 0. The minimum Gasteiger partial charge on any atom is -0.492 e. The Morgan fingerprint density at radius 1 is 0.915 bits per heavy atom. The number of halogens is 1. The van der Waals surface area contributed by atoms with Gasteiger partial charge in [-0.1, -0.05) is 42.5 Å². The average molecular weight is 633 g/mol. The molecule has 2 amide bonds. The maximum Gasteiger partial charge on any atom is 0.257 e. The molecule has 0 radical (unpaired) electrons. The number of aromatic nitrogens is 2. The first-order valence-corrected chi connectivity index (χ1v) is 16.0. The topological polar surface area (TPSA) is 103 Å². The van der Waals surface area contributed by atoms with Crippen molar-refractivity contribution in [2.75, 3.05) is 44.2 Å². The lowest BCUT2D eigenvalue weighted by molar-refractivity contribution is 0.0363. The number of carbonyl (C=O) groups is 2. The number of benzene rings is 2. The number of pyridine rings is 2. The zero-order chi connectivity index (χ0) is 32.6. The quantitative estimate of drug-likeness (QED) is 0.283. The van der Waals surface area contributed by atoms with Crippen LogP contribution in [0.3, 0.4) is 0 Å². The highest BCUT2D eigenvalue weighted by Gasteiger charge is 2.37. The van der Waals surface area contributed by atoms with Crippen LogP contribution >= 0.6 is 0 Å². The van der Waals surface area contributed by atoms with Crippen molar-refractivity contribution in [2.24, 2.45) is 5.41 Å². The van der Waals surface area contributed by atoms with Gasteiger partial charge in [0, 0.05) is 57.1 Å². The normalized spacial score (nSPS) is 17.0. The Balaban J connectivity index is 1.28. The van der Waals surface area contributed by atoms with Gasteiger partial charge >= 0.3 is 0 Å². The summed E-state index contributed by atoms with van der Waals surface area (Å²) in [6.07, 6.45) is 7.15. The molecule has 6 rings (SSSR count). The molecule has 1 fully saturated rings. The number of fused-ring (bicyclic) bond motifs is 1. The van der Waals surface area contributed by atoms with Crippen molar-refractivity contribution < 1.29 is 18.7 Å². The molecule has 0 atom stereocenters. The summed E-state index contributed by atoms with van der Waals surface area (Å²) in [5.74, 6) is 0.411. The molecule has 4 heterocycles. The van der Waals surface area contributed by atoms with Crippen molar-refractivity contribution in [3.8, 4) is 11.8 Å². The third-order valence-electron chi connectivity index (χ3n) is 9.19. The fourth-order valence-corrected chi connectivity index (χ4v) is 6.46. The molecule has 2 aromatic heterocycles. The number of carbonyl (C=O) groups excluding carboxylic acids is 2. The van der Waals surface area contributed by atoms with Crippen LogP contribution in [0.5, 0.6) is 5.75 Å². The van der Waals surface area contributed by atoms with Crippen LogP contribution in [0.15, 0.2) is 91.4 Å². The summed E-state index contributed by atoms with van der Waals surface area (Å²) in [4.78, 5) is 41.6. The number of nitriles is 1. The van der Waals surface area contributed by atoms with Gasteiger partial charge in [-0.15, -0.1) is 0 Å². The van der Waals surface area contributed by atoms with E-state index >= 15 is 0 Å². The number of piperidine rings is 1. The summed E-state index contributed by atoms with van der Waals surface area (Å²) in [5.41, 5.74) is 2.02. The average Bonchev–Trinajstić information content (AvgIpc) is 3.12. The molecule has 2 aliphatic rings. The molecule has 0 bridgehead atoms. The van der Waals surface area contributed by atoms with E-state index < -0.39 is 5.82 Å². The summed E-state index contributed by atoms with van der Waals surface area (Å²) < 4.78 is 20.3. The van der Waals surface area contributed by atoms with Gasteiger partial charge in [-0.25, -0.2) is 9.37 Å². The Morgan fingerprint density at radius 2 is 1.70 bits per heavy atom. The summed E-state index contributed by atoms with van der Waals surface area (Å²) >= 11 is 0. The molecular formula is C37H37FN6O3. The van der Waals surface area contributed by atoms with Crippen LogP contribution < -0.4 is 9.64 Å². The highest BCUT2D eigenvalue weighted by atomic mass is 19.1. The standard InChI is InChI=1S/C37H37FN6O3/c38-31-21-30(24-40-25-31)35(45)43-17-14-37(15-18-43)13-6-16-42(34-12-11-29(22-39)23-41-34)19-20-44(26-28-7-2-1-3-8-28)36(46)32-9-4-5-10-33(32)47-27-37/h1-5,7-12,21,23-25H,6,13-20,26-27H2. The fourth-order valence-electron chi connectivity index (χ4n) is 6.46. The first-order valence-electron chi connectivity index (χ1n) is 16.0. The maximum atomic E-state index is 14.2. The van der Waals surface area contributed by atoms with Crippen molar-refractivity contribution in [3.05, 3.63) is 119 Å². The van der Waals surface area contributed by atoms with E-state index in [1.807, 2.05) is 65.6 Å². The van der Waals surface area contributed by atoms with E-state index in [0.29, 0.717) is 75.6 Å². The molecule has 4 aromatic rings. The molecule has 2 aliphatic heterocycles. The molecule has 9 nitrogen and oxygen atoms in total. The van der Waals surface area contributed by atoms with Crippen LogP contribution in [0, 0.1) is 22.6 Å². The van der Waals surface area contributed by atoms with Crippen molar-refractivity contribution in [1.29, 1.82) is 5.26 Å². The van der Waals surface area contributed by atoms with Crippen LogP contribution in [0.1, 0.15) is 57.5 Å². The molecule has 0 aliphatic carbocycles. The van der Waals surface area contributed by atoms with Gasteiger partial charge in [-0.2, -0.15) is 5.26 Å². The Hall–Kier alpha value is -5.30. The number of nitrogens with zero attached hydrogens (tertiary/aromatic N) is 6. The third-order valence-corrected chi connectivity index (χ3v) is 9.19. The molecule has 1 saturated heterocycles. The third kappa shape index (κ3) is 7.58. The minimum absolute atomic E-state index is 0.116. The summed E-state index contributed by atoms with van der Waals surface area (Å²) in [6.45, 7) is 3.55. The zero-order valence-electron chi connectivity index (χ0n) is 26.2. The lowest BCUT2D eigenvalue weighted by atomic mass is 9.75. The number of rotatable bonds is 4. The number of amides is 2. The van der Waals surface area contributed by atoms with Crippen LogP contribution in [0.4, 0.5) is 10.2 Å². The molecule has 47 heavy (non-hydrogen) atoms. The fraction of sp³-hybridized carbons (Fsp3) is 0.324. The SMILES string of the molecule is N#Cc1ccc(N2CCCC3(CCN(C(=O)c4cncc(F)c4)CC3)COc3ccccc3C(=O)N(Cc3ccccc3)CC2)nc1. The number of hydrogen-bond acceptors (Lipinski definition) is 7. The van der Waals surface area contributed by atoms with Crippen molar-refractivity contribution in [2.45, 2.75) is 32.2 Å². The summed E-state index contributed by atoms with van der Waals surface area (Å²) in [7, 11) is 0. The van der Waals surface area contributed by atoms with Gasteiger partial charge in [0.15, 0.2) is 0 Å². The number of anilines is 1. The summed E-state index contributed by atoms with van der Waals surface area (Å²) in [5, 5.41) is 9.32. The lowest BCUT2D eigenvalue weighted by Gasteiger charge is -2.42. The van der Waals surface area contributed by atoms with Crippen LogP contribution in [0.2, 0.25) is 0 Å². The highest BCUT2D eigenvalue weighted by molar-refractivity contribution is 5.97. The second-order valence-electron chi connectivity index (χ2n) is 12.3. The predicted octanol–water partition coefficient (Wildman–Crippen LogP) is 5.73. The van der Waals surface area contributed by atoms with E-state index in [1.54, 1.807) is 17.2 Å².